The summed E-state index contributed by atoms with van der Waals surface area (Å²) in [5.74, 6) is 0. The van der Waals surface area contributed by atoms with E-state index < -0.39 is 10.0 Å². The second-order valence-electron chi connectivity index (χ2n) is 5.61. The summed E-state index contributed by atoms with van der Waals surface area (Å²) in [6.07, 6.45) is 2.81. The summed E-state index contributed by atoms with van der Waals surface area (Å²) in [4.78, 5) is 0.713. The molecule has 2 aromatic rings. The molecule has 4 nitrogen and oxygen atoms in total. The Labute approximate surface area is 140 Å². The minimum atomic E-state index is -4.08. The van der Waals surface area contributed by atoms with Crippen LogP contribution in [0.1, 0.15) is 36.0 Å². The van der Waals surface area contributed by atoms with Crippen LogP contribution in [0.4, 0.5) is 4.48 Å². The zero-order valence-corrected chi connectivity index (χ0v) is 13.6. The number of allylic oxidation sites excluding steroid dienone is 2. The molecule has 1 aliphatic carbocycles. The number of benzene rings is 2. The van der Waals surface area contributed by atoms with E-state index in [4.69, 9.17) is 5.26 Å². The molecule has 0 atom stereocenters. The van der Waals surface area contributed by atoms with Gasteiger partial charge < -0.3 is 0 Å². The van der Waals surface area contributed by atoms with E-state index in [1.807, 2.05) is 18.2 Å². The van der Waals surface area contributed by atoms with Crippen LogP contribution in [0.25, 0.3) is 11.1 Å². The van der Waals surface area contributed by atoms with Crippen molar-refractivity contribution in [2.24, 2.45) is 0 Å². The summed E-state index contributed by atoms with van der Waals surface area (Å²) in [5, 5.41) is 9.06. The molecule has 122 valence electrons. The van der Waals surface area contributed by atoms with Crippen molar-refractivity contribution in [1.82, 2.24) is 4.94 Å². The first-order chi connectivity index (χ1) is 11.5. The Hall–Kier alpha value is -2.49. The van der Waals surface area contributed by atoms with Crippen molar-refractivity contribution >= 4 is 21.2 Å². The predicted molar refractivity (Wildman–Crippen MR) is 89.7 cm³/mol. The molecule has 0 spiro atoms. The number of nitrogens with one attached hydrogen (secondary N) is 1. The molecule has 0 unspecified atom stereocenters. The van der Waals surface area contributed by atoms with E-state index in [0.717, 1.165) is 40.9 Å². The molecule has 0 fully saturated rings. The fraction of sp³-hybridized carbons (Fsp3) is 0.167. The Morgan fingerprint density at radius 2 is 1.67 bits per heavy atom. The summed E-state index contributed by atoms with van der Waals surface area (Å²) in [6, 6.07) is 15.8. The van der Waals surface area contributed by atoms with Crippen molar-refractivity contribution in [1.29, 1.82) is 5.26 Å². The number of sulfonamides is 1. The molecule has 0 saturated carbocycles. The maximum atomic E-state index is 12.3. The maximum absolute atomic E-state index is 12.3. The second-order valence-corrected chi connectivity index (χ2v) is 7.24. The van der Waals surface area contributed by atoms with Crippen molar-refractivity contribution in [2.75, 3.05) is 0 Å². The van der Waals surface area contributed by atoms with Crippen LogP contribution < -0.4 is 4.94 Å². The lowest BCUT2D eigenvalue weighted by molar-refractivity contribution is 0.425. The van der Waals surface area contributed by atoms with E-state index >= 15 is 0 Å². The van der Waals surface area contributed by atoms with Crippen LogP contribution in [-0.2, 0) is 10.0 Å². The quantitative estimate of drug-likeness (QED) is 0.859. The zero-order chi connectivity index (χ0) is 17.2. The number of nitrogens with zero attached hydrogens (tertiary/aromatic N) is 1. The normalized spacial score (nSPS) is 14.7. The van der Waals surface area contributed by atoms with Gasteiger partial charge in [-0.1, -0.05) is 24.3 Å². The molecule has 0 radical (unpaired) electrons. The summed E-state index contributed by atoms with van der Waals surface area (Å²) < 4.78 is 35.3. The van der Waals surface area contributed by atoms with Gasteiger partial charge in [0.1, 0.15) is 0 Å². The average molecular weight is 342 g/mol. The van der Waals surface area contributed by atoms with Crippen LogP contribution in [0.3, 0.4) is 0 Å². The molecule has 1 N–H and O–H groups in total. The Bertz CT molecular complexity index is 942. The Morgan fingerprint density at radius 1 is 1.00 bits per heavy atom. The minimum Gasteiger partial charge on any atom is -0.205 e. The van der Waals surface area contributed by atoms with E-state index in [1.54, 1.807) is 18.2 Å². The SMILES string of the molecule is N#Cc1cccc(C2=C(c3ccc(S(=O)(=O)NF)cc3)CCC2)c1. The lowest BCUT2D eigenvalue weighted by atomic mass is 9.96. The molecule has 0 aromatic heterocycles. The molecule has 0 heterocycles. The van der Waals surface area contributed by atoms with Crippen molar-refractivity contribution in [3.8, 4) is 6.07 Å². The lowest BCUT2D eigenvalue weighted by Crippen LogP contribution is -2.14. The third-order valence-corrected chi connectivity index (χ3v) is 5.27. The zero-order valence-electron chi connectivity index (χ0n) is 12.8. The Balaban J connectivity index is 2.02. The average Bonchev–Trinajstić information content (AvgIpc) is 3.11. The molecule has 0 saturated heterocycles. The third-order valence-electron chi connectivity index (χ3n) is 4.17. The van der Waals surface area contributed by atoms with Crippen LogP contribution in [-0.4, -0.2) is 8.42 Å². The Kier molecular flexibility index (Phi) is 4.47. The second kappa shape index (κ2) is 6.56. The molecule has 24 heavy (non-hydrogen) atoms. The van der Waals surface area contributed by atoms with Gasteiger partial charge >= 0.3 is 0 Å². The topological polar surface area (TPSA) is 70.0 Å². The van der Waals surface area contributed by atoms with E-state index in [1.165, 1.54) is 17.7 Å². The van der Waals surface area contributed by atoms with Crippen LogP contribution in [0.2, 0.25) is 0 Å². The van der Waals surface area contributed by atoms with Crippen LogP contribution in [0.5, 0.6) is 0 Å². The first-order valence-electron chi connectivity index (χ1n) is 7.50. The molecule has 3 rings (SSSR count). The Morgan fingerprint density at radius 3 is 2.29 bits per heavy atom. The van der Waals surface area contributed by atoms with Gasteiger partial charge in [0, 0.05) is 0 Å². The van der Waals surface area contributed by atoms with Gasteiger partial charge in [-0.15, -0.1) is 4.48 Å². The fourth-order valence-corrected chi connectivity index (χ4v) is 3.62. The van der Waals surface area contributed by atoms with Crippen LogP contribution >= 0.6 is 0 Å². The van der Waals surface area contributed by atoms with Crippen molar-refractivity contribution in [3.63, 3.8) is 0 Å². The number of hydrogen-bond acceptors (Lipinski definition) is 3. The van der Waals surface area contributed by atoms with Crippen LogP contribution in [0, 0.1) is 11.3 Å². The van der Waals surface area contributed by atoms with E-state index in [2.05, 4.69) is 6.07 Å². The first kappa shape index (κ1) is 16.4. The van der Waals surface area contributed by atoms with Gasteiger partial charge in [0.25, 0.3) is 10.0 Å². The smallest absolute Gasteiger partial charge is 0.205 e. The summed E-state index contributed by atoms with van der Waals surface area (Å²) in [6.45, 7) is 0. The highest BCUT2D eigenvalue weighted by molar-refractivity contribution is 7.89. The number of rotatable bonds is 4. The number of nitriles is 1. The maximum Gasteiger partial charge on any atom is 0.266 e. The van der Waals surface area contributed by atoms with Gasteiger partial charge in [-0.2, -0.15) is 5.26 Å². The van der Waals surface area contributed by atoms with Crippen molar-refractivity contribution < 1.29 is 12.9 Å². The minimum absolute atomic E-state index is 0.111. The van der Waals surface area contributed by atoms with Crippen LogP contribution in [0.15, 0.2) is 53.4 Å². The lowest BCUT2D eigenvalue weighted by Gasteiger charge is -2.09. The third kappa shape index (κ3) is 3.09. The summed E-state index contributed by atoms with van der Waals surface area (Å²) in [5.41, 5.74) is 4.86. The fourth-order valence-electron chi connectivity index (χ4n) is 3.04. The van der Waals surface area contributed by atoms with E-state index in [9.17, 15) is 12.9 Å². The van der Waals surface area contributed by atoms with E-state index in [-0.39, 0.29) is 4.90 Å². The van der Waals surface area contributed by atoms with E-state index in [0.29, 0.717) is 5.56 Å². The van der Waals surface area contributed by atoms with Gasteiger partial charge in [-0.3, -0.25) is 0 Å². The largest absolute Gasteiger partial charge is 0.266 e. The monoisotopic (exact) mass is 342 g/mol. The van der Waals surface area contributed by atoms with Crippen molar-refractivity contribution in [3.05, 3.63) is 65.2 Å². The first-order valence-corrected chi connectivity index (χ1v) is 8.99. The van der Waals surface area contributed by atoms with Gasteiger partial charge in [-0.25, -0.2) is 8.42 Å². The number of hydrogen-bond donors (Lipinski definition) is 1. The van der Waals surface area contributed by atoms with Gasteiger partial charge in [0.05, 0.1) is 16.5 Å². The molecular weight excluding hydrogens is 327 g/mol. The standard InChI is InChI=1S/C18H15FN2O2S/c19-21-24(22,23)16-9-7-14(8-10-16)17-5-2-6-18(17)15-4-1-3-13(11-15)12-20/h1,3-4,7-11,21H,2,5-6H2. The molecule has 0 bridgehead atoms. The molecule has 2 aromatic carbocycles. The van der Waals surface area contributed by atoms with Crippen molar-refractivity contribution in [2.45, 2.75) is 24.2 Å². The number of halogens is 1. The molecule has 1 aliphatic rings. The van der Waals surface area contributed by atoms with Gasteiger partial charge in [-0.05, 0) is 70.7 Å². The summed E-state index contributed by atoms with van der Waals surface area (Å²) in [7, 11) is -4.08. The molecule has 0 aliphatic heterocycles. The predicted octanol–water partition coefficient (Wildman–Crippen LogP) is 3.82. The highest BCUT2D eigenvalue weighted by Crippen LogP contribution is 2.40. The highest BCUT2D eigenvalue weighted by Gasteiger charge is 2.19. The molecular formula is C18H15FN2O2S. The highest BCUT2D eigenvalue weighted by atomic mass is 32.2. The van der Waals surface area contributed by atoms with Gasteiger partial charge in [0.15, 0.2) is 0 Å². The van der Waals surface area contributed by atoms with Gasteiger partial charge in [0.2, 0.25) is 0 Å². The summed E-state index contributed by atoms with van der Waals surface area (Å²) >= 11 is 0. The molecule has 0 amide bonds. The molecule has 6 heteroatoms.